The predicted molar refractivity (Wildman–Crippen MR) is 107 cm³/mol. The van der Waals surface area contributed by atoms with Crippen LogP contribution in [0, 0.1) is 12.7 Å². The Hall–Kier alpha value is -2.45. The Bertz CT molecular complexity index is 951. The van der Waals surface area contributed by atoms with Gasteiger partial charge >= 0.3 is 0 Å². The molecule has 8 heteroatoms. The highest BCUT2D eigenvalue weighted by atomic mass is 32.2. The Morgan fingerprint density at radius 1 is 1.37 bits per heavy atom. The number of allylic oxidation sites excluding steroid dienone is 1. The van der Waals surface area contributed by atoms with Gasteiger partial charge in [0.15, 0.2) is 11.0 Å². The highest BCUT2D eigenvalue weighted by molar-refractivity contribution is 7.99. The molecule has 1 aromatic carbocycles. The van der Waals surface area contributed by atoms with Gasteiger partial charge in [-0.3, -0.25) is 9.36 Å². The molecule has 0 aliphatic heterocycles. The second kappa shape index (κ2) is 8.96. The van der Waals surface area contributed by atoms with Crippen LogP contribution in [0.3, 0.4) is 0 Å². The molecule has 27 heavy (non-hydrogen) atoms. The molecule has 3 aromatic rings. The number of halogens is 1. The second-order valence-corrected chi connectivity index (χ2v) is 7.72. The SMILES string of the molecule is C=CCn1c(SCC(=O)NCc2sccc2C)nnc1-c1ccccc1F. The van der Waals surface area contributed by atoms with Gasteiger partial charge in [-0.25, -0.2) is 4.39 Å². The Balaban J connectivity index is 1.68. The van der Waals surface area contributed by atoms with Crippen LogP contribution in [0.4, 0.5) is 4.39 Å². The van der Waals surface area contributed by atoms with Crippen molar-refractivity contribution in [1.29, 1.82) is 0 Å². The summed E-state index contributed by atoms with van der Waals surface area (Å²) in [6.45, 7) is 6.70. The molecule has 0 spiro atoms. The number of nitrogens with one attached hydrogen (secondary N) is 1. The quantitative estimate of drug-likeness (QED) is 0.456. The maximum absolute atomic E-state index is 14.1. The molecule has 0 bridgehead atoms. The van der Waals surface area contributed by atoms with E-state index in [0.29, 0.717) is 29.6 Å². The van der Waals surface area contributed by atoms with Crippen LogP contribution in [0.15, 0.2) is 53.5 Å². The summed E-state index contributed by atoms with van der Waals surface area (Å²) in [5.41, 5.74) is 1.55. The molecule has 1 amide bonds. The van der Waals surface area contributed by atoms with Gasteiger partial charge in [-0.15, -0.1) is 28.1 Å². The minimum atomic E-state index is -0.365. The molecule has 0 aliphatic carbocycles. The monoisotopic (exact) mass is 402 g/mol. The fourth-order valence-corrected chi connectivity index (χ4v) is 4.10. The zero-order chi connectivity index (χ0) is 19.2. The lowest BCUT2D eigenvalue weighted by Gasteiger charge is -2.08. The molecule has 1 N–H and O–H groups in total. The second-order valence-electron chi connectivity index (χ2n) is 5.78. The molecular formula is C19H19FN4OS2. The van der Waals surface area contributed by atoms with Crippen LogP contribution in [0.25, 0.3) is 11.4 Å². The number of thiophene rings is 1. The van der Waals surface area contributed by atoms with Crippen molar-refractivity contribution in [3.05, 3.63) is 64.6 Å². The van der Waals surface area contributed by atoms with E-state index in [1.165, 1.54) is 23.4 Å². The van der Waals surface area contributed by atoms with Crippen LogP contribution >= 0.6 is 23.1 Å². The zero-order valence-corrected chi connectivity index (χ0v) is 16.4. The molecule has 3 rings (SSSR count). The van der Waals surface area contributed by atoms with Gasteiger partial charge in [0.1, 0.15) is 5.82 Å². The first-order chi connectivity index (χ1) is 13.1. The number of benzene rings is 1. The van der Waals surface area contributed by atoms with Crippen molar-refractivity contribution in [1.82, 2.24) is 20.1 Å². The number of hydrogen-bond donors (Lipinski definition) is 1. The summed E-state index contributed by atoms with van der Waals surface area (Å²) in [6.07, 6.45) is 1.69. The van der Waals surface area contributed by atoms with Crippen LogP contribution in [0.2, 0.25) is 0 Å². The van der Waals surface area contributed by atoms with Crippen LogP contribution in [-0.4, -0.2) is 26.4 Å². The van der Waals surface area contributed by atoms with Crippen molar-refractivity contribution in [2.75, 3.05) is 5.75 Å². The average Bonchev–Trinajstić information content (AvgIpc) is 3.25. The van der Waals surface area contributed by atoms with E-state index in [1.54, 1.807) is 40.2 Å². The summed E-state index contributed by atoms with van der Waals surface area (Å²) in [4.78, 5) is 13.3. The summed E-state index contributed by atoms with van der Waals surface area (Å²) < 4.78 is 15.9. The van der Waals surface area contributed by atoms with Crippen molar-refractivity contribution in [3.63, 3.8) is 0 Å². The van der Waals surface area contributed by atoms with E-state index in [4.69, 9.17) is 0 Å². The molecule has 0 aliphatic rings. The van der Waals surface area contributed by atoms with Gasteiger partial charge < -0.3 is 5.32 Å². The lowest BCUT2D eigenvalue weighted by molar-refractivity contribution is -0.118. The lowest BCUT2D eigenvalue weighted by atomic mass is 10.2. The highest BCUT2D eigenvalue weighted by Crippen LogP contribution is 2.26. The topological polar surface area (TPSA) is 59.8 Å². The van der Waals surface area contributed by atoms with E-state index in [-0.39, 0.29) is 17.5 Å². The van der Waals surface area contributed by atoms with Crippen LogP contribution in [0.5, 0.6) is 0 Å². The summed E-state index contributed by atoms with van der Waals surface area (Å²) in [7, 11) is 0. The normalized spacial score (nSPS) is 10.7. The molecule has 5 nitrogen and oxygen atoms in total. The van der Waals surface area contributed by atoms with Gasteiger partial charge in [0.05, 0.1) is 17.9 Å². The van der Waals surface area contributed by atoms with E-state index in [0.717, 1.165) is 4.88 Å². The van der Waals surface area contributed by atoms with Gasteiger partial charge in [0.25, 0.3) is 0 Å². The molecule has 2 aromatic heterocycles. The predicted octanol–water partition coefficient (Wildman–Crippen LogP) is 4.05. The first-order valence-corrected chi connectivity index (χ1v) is 10.2. The number of amides is 1. The Labute approximate surface area is 165 Å². The van der Waals surface area contributed by atoms with E-state index < -0.39 is 0 Å². The number of rotatable bonds is 8. The molecule has 0 radical (unpaired) electrons. The first-order valence-electron chi connectivity index (χ1n) is 8.31. The van der Waals surface area contributed by atoms with Gasteiger partial charge in [0, 0.05) is 11.4 Å². The molecule has 0 unspecified atom stereocenters. The van der Waals surface area contributed by atoms with Crippen molar-refractivity contribution in [3.8, 4) is 11.4 Å². The third-order valence-electron chi connectivity index (χ3n) is 3.89. The van der Waals surface area contributed by atoms with Crippen molar-refractivity contribution < 1.29 is 9.18 Å². The van der Waals surface area contributed by atoms with Gasteiger partial charge in [0.2, 0.25) is 5.91 Å². The fraction of sp³-hybridized carbons (Fsp3) is 0.211. The Morgan fingerprint density at radius 2 is 2.19 bits per heavy atom. The summed E-state index contributed by atoms with van der Waals surface area (Å²) >= 11 is 2.89. The number of carbonyl (C=O) groups is 1. The lowest BCUT2D eigenvalue weighted by Crippen LogP contribution is -2.24. The molecule has 2 heterocycles. The van der Waals surface area contributed by atoms with E-state index in [2.05, 4.69) is 22.1 Å². The van der Waals surface area contributed by atoms with Gasteiger partial charge in [-0.2, -0.15) is 0 Å². The highest BCUT2D eigenvalue weighted by Gasteiger charge is 2.17. The smallest absolute Gasteiger partial charge is 0.230 e. The molecular weight excluding hydrogens is 383 g/mol. The summed E-state index contributed by atoms with van der Waals surface area (Å²) in [6, 6.07) is 8.45. The molecule has 0 saturated heterocycles. The maximum atomic E-state index is 14.1. The van der Waals surface area contributed by atoms with Crippen molar-refractivity contribution in [2.45, 2.75) is 25.2 Å². The molecule has 0 fully saturated rings. The number of nitrogens with zero attached hydrogens (tertiary/aromatic N) is 3. The van der Waals surface area contributed by atoms with Gasteiger partial charge in [-0.05, 0) is 36.1 Å². The number of aryl methyl sites for hydroxylation is 1. The molecule has 0 saturated carbocycles. The van der Waals surface area contributed by atoms with E-state index in [9.17, 15) is 9.18 Å². The molecule has 140 valence electrons. The largest absolute Gasteiger partial charge is 0.350 e. The first kappa shape index (κ1) is 19.3. The standard InChI is InChI=1S/C19H19FN4OS2/c1-3-9-24-18(14-6-4-5-7-15(14)20)22-23-19(24)27-12-17(25)21-11-16-13(2)8-10-26-16/h3-8,10H,1,9,11-12H2,2H3,(H,21,25). The average molecular weight is 403 g/mol. The van der Waals surface area contributed by atoms with Crippen LogP contribution in [0.1, 0.15) is 10.4 Å². The minimum Gasteiger partial charge on any atom is -0.350 e. The summed E-state index contributed by atoms with van der Waals surface area (Å²) in [5.74, 6) is 0.172. The minimum absolute atomic E-state index is 0.0894. The number of carbonyl (C=O) groups excluding carboxylic acids is 1. The third kappa shape index (κ3) is 4.64. The fourth-order valence-electron chi connectivity index (χ4n) is 2.48. The van der Waals surface area contributed by atoms with Crippen molar-refractivity contribution >= 4 is 29.0 Å². The third-order valence-corrected chi connectivity index (χ3v) is 5.88. The van der Waals surface area contributed by atoms with E-state index in [1.807, 2.05) is 18.4 Å². The number of aromatic nitrogens is 3. The molecule has 0 atom stereocenters. The van der Waals surface area contributed by atoms with Crippen LogP contribution in [-0.2, 0) is 17.9 Å². The number of thioether (sulfide) groups is 1. The van der Waals surface area contributed by atoms with Crippen LogP contribution < -0.4 is 5.32 Å². The summed E-state index contributed by atoms with van der Waals surface area (Å²) in [5, 5.41) is 13.7. The van der Waals surface area contributed by atoms with Gasteiger partial charge in [-0.1, -0.05) is 30.0 Å². The number of hydrogen-bond acceptors (Lipinski definition) is 5. The maximum Gasteiger partial charge on any atom is 0.230 e. The zero-order valence-electron chi connectivity index (χ0n) is 14.8. The Morgan fingerprint density at radius 3 is 2.89 bits per heavy atom. The Kier molecular flexibility index (Phi) is 6.41. The van der Waals surface area contributed by atoms with Crippen molar-refractivity contribution in [2.24, 2.45) is 0 Å². The van der Waals surface area contributed by atoms with E-state index >= 15 is 0 Å².